The lowest BCUT2D eigenvalue weighted by molar-refractivity contribution is 0.311. The maximum absolute atomic E-state index is 5.81. The molecular formula is C20H22N4OS. The highest BCUT2D eigenvalue weighted by molar-refractivity contribution is 7.71. The fourth-order valence-electron chi connectivity index (χ4n) is 2.56. The standard InChI is InChI=1S/C20H22N4OS/c1-2-19-22-23-20(26)24(19)21-15-17-10-12-18(13-11-17)25-14-6-9-16-7-4-3-5-8-16/h3-5,7-8,10-13,15H,2,6,9,14H2,1H3,(H,23,26)/b21-15-. The minimum Gasteiger partial charge on any atom is -0.494 e. The fraction of sp³-hybridized carbons (Fsp3) is 0.250. The number of hydrogen-bond donors (Lipinski definition) is 1. The van der Waals surface area contributed by atoms with Crippen LogP contribution in [0.15, 0.2) is 59.7 Å². The smallest absolute Gasteiger partial charge is 0.216 e. The Morgan fingerprint density at radius 1 is 1.15 bits per heavy atom. The molecule has 3 aromatic rings. The lowest BCUT2D eigenvalue weighted by Crippen LogP contribution is -2.00. The minimum atomic E-state index is 0.497. The third-order valence-electron chi connectivity index (χ3n) is 3.96. The van der Waals surface area contributed by atoms with Crippen LogP contribution < -0.4 is 4.74 Å². The van der Waals surface area contributed by atoms with Gasteiger partial charge in [0.15, 0.2) is 5.82 Å². The predicted octanol–water partition coefficient (Wildman–Crippen LogP) is 4.40. The molecule has 0 radical (unpaired) electrons. The third kappa shape index (κ3) is 4.89. The van der Waals surface area contributed by atoms with E-state index < -0.39 is 0 Å². The first-order chi connectivity index (χ1) is 12.8. The largest absolute Gasteiger partial charge is 0.494 e. The van der Waals surface area contributed by atoms with Crippen LogP contribution in [-0.4, -0.2) is 27.7 Å². The van der Waals surface area contributed by atoms with Gasteiger partial charge in [-0.05, 0) is 60.5 Å². The van der Waals surface area contributed by atoms with Gasteiger partial charge in [0.1, 0.15) is 5.75 Å². The van der Waals surface area contributed by atoms with Gasteiger partial charge in [-0.3, -0.25) is 5.10 Å². The quantitative estimate of drug-likeness (QED) is 0.365. The molecule has 3 rings (SSSR count). The second-order valence-corrected chi connectivity index (χ2v) is 6.25. The number of rotatable bonds is 8. The summed E-state index contributed by atoms with van der Waals surface area (Å²) in [7, 11) is 0. The van der Waals surface area contributed by atoms with Crippen molar-refractivity contribution < 1.29 is 4.74 Å². The van der Waals surface area contributed by atoms with Crippen LogP contribution in [0.3, 0.4) is 0 Å². The molecule has 0 spiro atoms. The molecule has 0 aliphatic rings. The van der Waals surface area contributed by atoms with E-state index in [1.165, 1.54) is 5.56 Å². The topological polar surface area (TPSA) is 55.2 Å². The highest BCUT2D eigenvalue weighted by Crippen LogP contribution is 2.12. The Kier molecular flexibility index (Phi) is 6.33. The number of nitrogens with one attached hydrogen (secondary N) is 1. The summed E-state index contributed by atoms with van der Waals surface area (Å²) in [6.45, 7) is 2.72. The van der Waals surface area contributed by atoms with Gasteiger partial charge < -0.3 is 4.74 Å². The molecule has 0 aliphatic heterocycles. The van der Waals surface area contributed by atoms with Gasteiger partial charge >= 0.3 is 0 Å². The van der Waals surface area contributed by atoms with Crippen molar-refractivity contribution in [2.45, 2.75) is 26.2 Å². The van der Waals surface area contributed by atoms with Crippen molar-refractivity contribution in [1.82, 2.24) is 14.9 Å². The van der Waals surface area contributed by atoms with Crippen LogP contribution in [0.5, 0.6) is 5.75 Å². The SMILES string of the molecule is CCc1n[nH]c(=S)n1/N=C\c1ccc(OCCCc2ccccc2)cc1. The second-order valence-electron chi connectivity index (χ2n) is 5.86. The van der Waals surface area contributed by atoms with E-state index in [0.29, 0.717) is 11.4 Å². The Bertz CT molecular complexity index is 898. The Balaban J connectivity index is 1.51. The summed E-state index contributed by atoms with van der Waals surface area (Å²) in [5.74, 6) is 1.68. The van der Waals surface area contributed by atoms with Gasteiger partial charge in [0.25, 0.3) is 0 Å². The van der Waals surface area contributed by atoms with Gasteiger partial charge in [-0.25, -0.2) is 0 Å². The molecule has 0 atom stereocenters. The number of H-pyrrole nitrogens is 1. The van der Waals surface area contributed by atoms with Crippen molar-refractivity contribution in [3.8, 4) is 5.75 Å². The predicted molar refractivity (Wildman–Crippen MR) is 106 cm³/mol. The third-order valence-corrected chi connectivity index (χ3v) is 4.22. The van der Waals surface area contributed by atoms with E-state index in [4.69, 9.17) is 17.0 Å². The molecule has 0 bridgehead atoms. The normalized spacial score (nSPS) is 11.1. The number of hydrogen-bond acceptors (Lipinski definition) is 4. The van der Waals surface area contributed by atoms with Crippen LogP contribution in [0.1, 0.15) is 30.3 Å². The summed E-state index contributed by atoms with van der Waals surface area (Å²) in [4.78, 5) is 0. The van der Waals surface area contributed by atoms with Gasteiger partial charge in [0.2, 0.25) is 4.77 Å². The molecule has 6 heteroatoms. The molecule has 26 heavy (non-hydrogen) atoms. The summed E-state index contributed by atoms with van der Waals surface area (Å²) >= 11 is 5.18. The first-order valence-electron chi connectivity index (χ1n) is 8.73. The minimum absolute atomic E-state index is 0.497. The van der Waals surface area contributed by atoms with E-state index in [1.807, 2.05) is 37.3 Å². The molecule has 2 aromatic carbocycles. The van der Waals surface area contributed by atoms with E-state index in [0.717, 1.165) is 36.4 Å². The number of nitrogens with zero attached hydrogens (tertiary/aromatic N) is 3. The highest BCUT2D eigenvalue weighted by atomic mass is 32.1. The zero-order chi connectivity index (χ0) is 18.2. The van der Waals surface area contributed by atoms with E-state index in [-0.39, 0.29) is 0 Å². The molecular weight excluding hydrogens is 344 g/mol. The summed E-state index contributed by atoms with van der Waals surface area (Å²) < 4.78 is 7.95. The van der Waals surface area contributed by atoms with Gasteiger partial charge in [-0.1, -0.05) is 37.3 Å². The lowest BCUT2D eigenvalue weighted by atomic mass is 10.1. The molecule has 0 saturated heterocycles. The zero-order valence-electron chi connectivity index (χ0n) is 14.8. The van der Waals surface area contributed by atoms with E-state index in [2.05, 4.69) is 39.6 Å². The molecule has 134 valence electrons. The average Bonchev–Trinajstić information content (AvgIpc) is 3.05. The number of benzene rings is 2. The molecule has 1 N–H and O–H groups in total. The van der Waals surface area contributed by atoms with Crippen molar-refractivity contribution in [2.75, 3.05) is 6.61 Å². The van der Waals surface area contributed by atoms with Crippen LogP contribution in [0.2, 0.25) is 0 Å². The lowest BCUT2D eigenvalue weighted by Gasteiger charge is -2.06. The molecule has 0 aliphatic carbocycles. The fourth-order valence-corrected chi connectivity index (χ4v) is 2.76. The number of aromatic nitrogens is 3. The van der Waals surface area contributed by atoms with Gasteiger partial charge in [-0.2, -0.15) is 14.9 Å². The van der Waals surface area contributed by atoms with Crippen molar-refractivity contribution >= 4 is 18.4 Å². The van der Waals surface area contributed by atoms with Crippen molar-refractivity contribution in [2.24, 2.45) is 5.10 Å². The van der Waals surface area contributed by atoms with Gasteiger partial charge in [0.05, 0.1) is 12.8 Å². The Hall–Kier alpha value is -2.73. The van der Waals surface area contributed by atoms with E-state index in [1.54, 1.807) is 10.9 Å². The summed E-state index contributed by atoms with van der Waals surface area (Å²) in [5, 5.41) is 11.3. The summed E-state index contributed by atoms with van der Waals surface area (Å²) in [6, 6.07) is 18.3. The number of aromatic amines is 1. The van der Waals surface area contributed by atoms with Gasteiger partial charge in [-0.15, -0.1) is 0 Å². The first kappa shape index (κ1) is 18.1. The molecule has 5 nitrogen and oxygen atoms in total. The van der Waals surface area contributed by atoms with Crippen LogP contribution in [0, 0.1) is 4.77 Å². The number of aryl methyl sites for hydroxylation is 2. The average molecular weight is 366 g/mol. The van der Waals surface area contributed by atoms with Crippen LogP contribution in [0.25, 0.3) is 0 Å². The zero-order valence-corrected chi connectivity index (χ0v) is 15.6. The Labute approximate surface area is 158 Å². The maximum Gasteiger partial charge on any atom is 0.216 e. The van der Waals surface area contributed by atoms with Crippen LogP contribution in [-0.2, 0) is 12.8 Å². The van der Waals surface area contributed by atoms with E-state index in [9.17, 15) is 0 Å². The monoisotopic (exact) mass is 366 g/mol. The molecule has 0 fully saturated rings. The maximum atomic E-state index is 5.81. The van der Waals surface area contributed by atoms with Crippen molar-refractivity contribution in [3.05, 3.63) is 76.3 Å². The van der Waals surface area contributed by atoms with Crippen molar-refractivity contribution in [1.29, 1.82) is 0 Å². The van der Waals surface area contributed by atoms with Crippen LogP contribution >= 0.6 is 12.2 Å². The summed E-state index contributed by atoms with van der Waals surface area (Å²) in [5.41, 5.74) is 2.32. The highest BCUT2D eigenvalue weighted by Gasteiger charge is 2.01. The molecule has 1 aromatic heterocycles. The molecule has 0 amide bonds. The molecule has 0 saturated carbocycles. The molecule has 1 heterocycles. The van der Waals surface area contributed by atoms with E-state index >= 15 is 0 Å². The van der Waals surface area contributed by atoms with Gasteiger partial charge in [0, 0.05) is 6.42 Å². The Morgan fingerprint density at radius 3 is 2.65 bits per heavy atom. The Morgan fingerprint density at radius 2 is 1.92 bits per heavy atom. The second kappa shape index (κ2) is 9.10. The number of ether oxygens (including phenoxy) is 1. The first-order valence-corrected chi connectivity index (χ1v) is 9.14. The summed E-state index contributed by atoms with van der Waals surface area (Å²) in [6.07, 6.45) is 4.55. The van der Waals surface area contributed by atoms with Crippen molar-refractivity contribution in [3.63, 3.8) is 0 Å². The molecule has 0 unspecified atom stereocenters. The van der Waals surface area contributed by atoms with Crippen LogP contribution in [0.4, 0.5) is 0 Å².